The summed E-state index contributed by atoms with van der Waals surface area (Å²) in [5.74, 6) is 1.78. The average molecular weight is 248 g/mol. The van der Waals surface area contributed by atoms with Crippen molar-refractivity contribution in [3.63, 3.8) is 0 Å². The summed E-state index contributed by atoms with van der Waals surface area (Å²) >= 11 is 0. The maximum Gasteiger partial charge on any atom is 0.191 e. The minimum Gasteiger partial charge on any atom is -0.488 e. The van der Waals surface area contributed by atoms with Crippen LogP contribution in [0, 0.1) is 6.92 Å². The molecule has 3 rings (SSSR count). The zero-order chi connectivity index (χ0) is 12.5. The highest BCUT2D eigenvalue weighted by atomic mass is 16.7. The van der Waals surface area contributed by atoms with Gasteiger partial charge in [-0.05, 0) is 19.1 Å². The molecule has 0 unspecified atom stereocenters. The summed E-state index contributed by atoms with van der Waals surface area (Å²) in [6.07, 6.45) is -0.244. The highest BCUT2D eigenvalue weighted by Crippen LogP contribution is 2.21. The maximum atomic E-state index is 5.65. The van der Waals surface area contributed by atoms with E-state index in [2.05, 4.69) is 9.55 Å². The van der Waals surface area contributed by atoms with Crippen molar-refractivity contribution < 1.29 is 14.2 Å². The van der Waals surface area contributed by atoms with Gasteiger partial charge in [0.1, 0.15) is 18.2 Å². The molecule has 18 heavy (non-hydrogen) atoms. The van der Waals surface area contributed by atoms with Crippen molar-refractivity contribution in [2.24, 2.45) is 7.05 Å². The van der Waals surface area contributed by atoms with Crippen LogP contribution in [0.4, 0.5) is 0 Å². The van der Waals surface area contributed by atoms with E-state index in [4.69, 9.17) is 14.2 Å². The van der Waals surface area contributed by atoms with Gasteiger partial charge in [-0.2, -0.15) is 0 Å². The SMILES string of the molecule is Cc1nc2cc(OCC3OCCO3)ccc2n1C. The lowest BCUT2D eigenvalue weighted by atomic mass is 10.3. The number of benzene rings is 1. The molecule has 1 aromatic heterocycles. The second kappa shape index (κ2) is 4.59. The van der Waals surface area contributed by atoms with Crippen molar-refractivity contribution in [3.05, 3.63) is 24.0 Å². The molecule has 2 heterocycles. The Morgan fingerprint density at radius 3 is 2.94 bits per heavy atom. The van der Waals surface area contributed by atoms with Crippen LogP contribution in [0.5, 0.6) is 5.75 Å². The van der Waals surface area contributed by atoms with Gasteiger partial charge in [-0.3, -0.25) is 0 Å². The van der Waals surface area contributed by atoms with Gasteiger partial charge in [-0.15, -0.1) is 0 Å². The molecule has 0 N–H and O–H groups in total. The molecule has 5 heteroatoms. The molecule has 1 saturated heterocycles. The Morgan fingerprint density at radius 2 is 2.17 bits per heavy atom. The molecule has 0 aliphatic carbocycles. The van der Waals surface area contributed by atoms with Gasteiger partial charge in [0.25, 0.3) is 0 Å². The molecule has 1 aromatic carbocycles. The van der Waals surface area contributed by atoms with Crippen molar-refractivity contribution >= 4 is 11.0 Å². The van der Waals surface area contributed by atoms with Crippen LogP contribution in [-0.2, 0) is 16.5 Å². The van der Waals surface area contributed by atoms with Crippen LogP contribution in [0.3, 0.4) is 0 Å². The lowest BCUT2D eigenvalue weighted by Crippen LogP contribution is -2.18. The monoisotopic (exact) mass is 248 g/mol. The molecule has 0 bridgehead atoms. The highest BCUT2D eigenvalue weighted by Gasteiger charge is 2.16. The predicted molar refractivity (Wildman–Crippen MR) is 66.6 cm³/mol. The fraction of sp³-hybridized carbons (Fsp3) is 0.462. The third kappa shape index (κ3) is 2.07. The summed E-state index contributed by atoms with van der Waals surface area (Å²) < 4.78 is 18.3. The first kappa shape index (κ1) is 11.5. The standard InChI is InChI=1S/C13H16N2O3/c1-9-14-11-7-10(3-4-12(11)15(9)2)18-8-13-16-5-6-17-13/h3-4,7,13H,5-6,8H2,1-2H3. The Labute approximate surface area is 105 Å². The molecule has 1 fully saturated rings. The van der Waals surface area contributed by atoms with E-state index in [0.29, 0.717) is 19.8 Å². The zero-order valence-electron chi connectivity index (χ0n) is 10.5. The molecule has 1 aliphatic heterocycles. The van der Waals surface area contributed by atoms with Gasteiger partial charge < -0.3 is 18.8 Å². The molecule has 5 nitrogen and oxygen atoms in total. The van der Waals surface area contributed by atoms with Crippen molar-refractivity contribution in [1.82, 2.24) is 9.55 Å². The fourth-order valence-corrected chi connectivity index (χ4v) is 2.06. The fourth-order valence-electron chi connectivity index (χ4n) is 2.06. The molecule has 0 amide bonds. The number of hydrogen-bond donors (Lipinski definition) is 0. The third-order valence-electron chi connectivity index (χ3n) is 3.15. The van der Waals surface area contributed by atoms with Gasteiger partial charge in [-0.25, -0.2) is 4.98 Å². The minimum absolute atomic E-state index is 0.244. The van der Waals surface area contributed by atoms with Gasteiger partial charge in [0.15, 0.2) is 6.29 Å². The summed E-state index contributed by atoms with van der Waals surface area (Å²) in [6.45, 7) is 3.69. The van der Waals surface area contributed by atoms with E-state index < -0.39 is 0 Å². The minimum atomic E-state index is -0.244. The second-order valence-corrected chi connectivity index (χ2v) is 4.35. The van der Waals surface area contributed by atoms with Crippen LogP contribution in [0.15, 0.2) is 18.2 Å². The van der Waals surface area contributed by atoms with E-state index >= 15 is 0 Å². The first-order valence-electron chi connectivity index (χ1n) is 6.03. The van der Waals surface area contributed by atoms with Crippen LogP contribution >= 0.6 is 0 Å². The molecule has 96 valence electrons. The van der Waals surface area contributed by atoms with Crippen LogP contribution < -0.4 is 4.74 Å². The highest BCUT2D eigenvalue weighted by molar-refractivity contribution is 5.77. The molecule has 0 atom stereocenters. The number of hydrogen-bond acceptors (Lipinski definition) is 4. The number of fused-ring (bicyclic) bond motifs is 1. The summed E-state index contributed by atoms with van der Waals surface area (Å²) in [7, 11) is 2.01. The largest absolute Gasteiger partial charge is 0.488 e. The summed E-state index contributed by atoms with van der Waals surface area (Å²) in [6, 6.07) is 5.90. The van der Waals surface area contributed by atoms with E-state index in [-0.39, 0.29) is 6.29 Å². The number of imidazole rings is 1. The Kier molecular flexibility index (Phi) is 2.93. The zero-order valence-corrected chi connectivity index (χ0v) is 10.5. The Bertz CT molecular complexity index is 559. The summed E-state index contributed by atoms with van der Waals surface area (Å²) in [4.78, 5) is 4.47. The molecule has 1 aliphatic rings. The lowest BCUT2D eigenvalue weighted by Gasteiger charge is -2.10. The topological polar surface area (TPSA) is 45.5 Å². The average Bonchev–Trinajstić information content (AvgIpc) is 2.97. The van der Waals surface area contributed by atoms with Crippen LogP contribution in [0.1, 0.15) is 5.82 Å². The van der Waals surface area contributed by atoms with E-state index in [1.807, 2.05) is 32.2 Å². The second-order valence-electron chi connectivity index (χ2n) is 4.35. The molecular formula is C13H16N2O3. The molecule has 0 radical (unpaired) electrons. The number of ether oxygens (including phenoxy) is 3. The summed E-state index contributed by atoms with van der Waals surface area (Å²) in [5, 5.41) is 0. The quantitative estimate of drug-likeness (QED) is 0.828. The van der Waals surface area contributed by atoms with Crippen molar-refractivity contribution in [3.8, 4) is 5.75 Å². The number of nitrogens with zero attached hydrogens (tertiary/aromatic N) is 2. The predicted octanol–water partition coefficient (Wildman–Crippen LogP) is 1.63. The first-order valence-corrected chi connectivity index (χ1v) is 6.03. The number of aryl methyl sites for hydroxylation is 2. The third-order valence-corrected chi connectivity index (χ3v) is 3.15. The van der Waals surface area contributed by atoms with Crippen LogP contribution in [-0.4, -0.2) is 35.7 Å². The van der Waals surface area contributed by atoms with Crippen LogP contribution in [0.25, 0.3) is 11.0 Å². The Hall–Kier alpha value is -1.59. The maximum absolute atomic E-state index is 5.65. The van der Waals surface area contributed by atoms with Gasteiger partial charge in [-0.1, -0.05) is 0 Å². The van der Waals surface area contributed by atoms with E-state index in [0.717, 1.165) is 22.6 Å². The lowest BCUT2D eigenvalue weighted by molar-refractivity contribution is -0.0683. The van der Waals surface area contributed by atoms with Gasteiger partial charge in [0.05, 0.1) is 24.2 Å². The van der Waals surface area contributed by atoms with Crippen molar-refractivity contribution in [2.45, 2.75) is 13.2 Å². The first-order chi connectivity index (χ1) is 8.74. The van der Waals surface area contributed by atoms with Crippen molar-refractivity contribution in [1.29, 1.82) is 0 Å². The van der Waals surface area contributed by atoms with E-state index in [1.54, 1.807) is 0 Å². The number of rotatable bonds is 3. The normalized spacial score (nSPS) is 16.6. The van der Waals surface area contributed by atoms with Gasteiger partial charge in [0.2, 0.25) is 0 Å². The smallest absolute Gasteiger partial charge is 0.191 e. The molecule has 0 spiro atoms. The van der Waals surface area contributed by atoms with E-state index in [1.165, 1.54) is 0 Å². The summed E-state index contributed by atoms with van der Waals surface area (Å²) in [5.41, 5.74) is 2.05. The molecule has 2 aromatic rings. The van der Waals surface area contributed by atoms with E-state index in [9.17, 15) is 0 Å². The molecular weight excluding hydrogens is 232 g/mol. The Morgan fingerprint density at radius 1 is 1.39 bits per heavy atom. The van der Waals surface area contributed by atoms with Crippen molar-refractivity contribution in [2.75, 3.05) is 19.8 Å². The van der Waals surface area contributed by atoms with Crippen LogP contribution in [0.2, 0.25) is 0 Å². The number of aromatic nitrogens is 2. The van der Waals surface area contributed by atoms with Gasteiger partial charge >= 0.3 is 0 Å². The Balaban J connectivity index is 1.76. The molecule has 0 saturated carbocycles. The van der Waals surface area contributed by atoms with Gasteiger partial charge in [0, 0.05) is 13.1 Å².